The van der Waals surface area contributed by atoms with Crippen molar-refractivity contribution < 1.29 is 9.46 Å². The summed E-state index contributed by atoms with van der Waals surface area (Å²) in [6, 6.07) is 0. The predicted molar refractivity (Wildman–Crippen MR) is 72.5 cm³/mol. The molecule has 0 spiro atoms. The minimum atomic E-state index is -2.29. The first kappa shape index (κ1) is 16.2. The van der Waals surface area contributed by atoms with E-state index in [1.54, 1.807) is 0 Å². The van der Waals surface area contributed by atoms with E-state index in [4.69, 9.17) is 4.89 Å². The van der Waals surface area contributed by atoms with Gasteiger partial charge in [0.15, 0.2) is 8.03 Å². The third-order valence-electron chi connectivity index (χ3n) is 3.14. The highest BCUT2D eigenvalue weighted by molar-refractivity contribution is 7.38. The topological polar surface area (TPSA) is 37.3 Å². The molecule has 16 heavy (non-hydrogen) atoms. The molecule has 0 rings (SSSR count). The second kappa shape index (κ2) is 11.7. The van der Waals surface area contributed by atoms with E-state index in [1.807, 2.05) is 0 Å². The van der Waals surface area contributed by atoms with E-state index in [9.17, 15) is 4.57 Å². The van der Waals surface area contributed by atoms with Gasteiger partial charge in [0.05, 0.1) is 0 Å². The van der Waals surface area contributed by atoms with E-state index in [0.717, 1.165) is 25.7 Å². The Hall–Kier alpha value is 0.190. The van der Waals surface area contributed by atoms with E-state index >= 15 is 0 Å². The van der Waals surface area contributed by atoms with Crippen LogP contribution in [-0.2, 0) is 4.57 Å². The van der Waals surface area contributed by atoms with Crippen molar-refractivity contribution >= 4 is 8.03 Å². The van der Waals surface area contributed by atoms with Crippen LogP contribution in [0.25, 0.3) is 0 Å². The standard InChI is InChI=1S/C13H29O2P/c1-3-5-6-7-8-9-10-12-13(11-4-2)16(14)15/h13,16H,3-12H2,1-2H3,(H,14,15). The molecule has 0 saturated carbocycles. The molecule has 3 heteroatoms. The Kier molecular flexibility index (Phi) is 11.8. The van der Waals surface area contributed by atoms with Crippen LogP contribution < -0.4 is 0 Å². The maximum Gasteiger partial charge on any atom is 0.192 e. The van der Waals surface area contributed by atoms with Crippen LogP contribution in [0.1, 0.15) is 78.1 Å². The van der Waals surface area contributed by atoms with Crippen LogP contribution in [-0.4, -0.2) is 10.6 Å². The Morgan fingerprint density at radius 2 is 1.44 bits per heavy atom. The molecule has 2 nitrogen and oxygen atoms in total. The lowest BCUT2D eigenvalue weighted by molar-refractivity contribution is 0.468. The molecule has 0 aromatic carbocycles. The normalized spacial score (nSPS) is 14.9. The second-order valence-electron chi connectivity index (χ2n) is 4.73. The molecule has 0 radical (unpaired) electrons. The summed E-state index contributed by atoms with van der Waals surface area (Å²) >= 11 is 0. The third kappa shape index (κ3) is 9.42. The first-order chi connectivity index (χ1) is 7.72. The first-order valence-electron chi connectivity index (χ1n) is 6.95. The fourth-order valence-electron chi connectivity index (χ4n) is 2.09. The zero-order valence-electron chi connectivity index (χ0n) is 11.0. The van der Waals surface area contributed by atoms with Gasteiger partial charge in [0.1, 0.15) is 0 Å². The second-order valence-corrected chi connectivity index (χ2v) is 6.23. The van der Waals surface area contributed by atoms with Crippen molar-refractivity contribution in [2.45, 2.75) is 83.7 Å². The van der Waals surface area contributed by atoms with E-state index in [-0.39, 0.29) is 5.66 Å². The molecule has 0 bridgehead atoms. The first-order valence-corrected chi connectivity index (χ1v) is 8.38. The summed E-state index contributed by atoms with van der Waals surface area (Å²) in [7, 11) is -2.29. The van der Waals surface area contributed by atoms with Gasteiger partial charge in [-0.15, -0.1) is 0 Å². The van der Waals surface area contributed by atoms with Gasteiger partial charge in [0, 0.05) is 5.66 Å². The van der Waals surface area contributed by atoms with Crippen LogP contribution >= 0.6 is 8.03 Å². The Balaban J connectivity index is 3.37. The Labute approximate surface area is 102 Å². The molecule has 0 aromatic heterocycles. The van der Waals surface area contributed by atoms with Crippen LogP contribution in [0.15, 0.2) is 0 Å². The van der Waals surface area contributed by atoms with Gasteiger partial charge in [-0.05, 0) is 12.8 Å². The molecular formula is C13H29O2P. The molecule has 0 aliphatic carbocycles. The lowest BCUT2D eigenvalue weighted by atomic mass is 10.1. The van der Waals surface area contributed by atoms with Gasteiger partial charge in [-0.3, -0.25) is 4.57 Å². The summed E-state index contributed by atoms with van der Waals surface area (Å²) in [5, 5.41) is 0. The smallest absolute Gasteiger partial charge is 0.192 e. The molecule has 0 saturated heterocycles. The molecule has 2 atom stereocenters. The van der Waals surface area contributed by atoms with Crippen LogP contribution in [0.2, 0.25) is 0 Å². The fourth-order valence-corrected chi connectivity index (χ4v) is 3.07. The number of unbranched alkanes of at least 4 members (excludes halogenated alkanes) is 6. The predicted octanol–water partition coefficient (Wildman–Crippen LogP) is 4.76. The van der Waals surface area contributed by atoms with Gasteiger partial charge in [0.2, 0.25) is 0 Å². The van der Waals surface area contributed by atoms with E-state index < -0.39 is 8.03 Å². The largest absolute Gasteiger partial charge is 0.346 e. The van der Waals surface area contributed by atoms with Crippen LogP contribution in [0.5, 0.6) is 0 Å². The summed E-state index contributed by atoms with van der Waals surface area (Å²) in [4.78, 5) is 9.16. The number of rotatable bonds is 11. The highest BCUT2D eigenvalue weighted by atomic mass is 31.1. The van der Waals surface area contributed by atoms with E-state index in [0.29, 0.717) is 0 Å². The monoisotopic (exact) mass is 248 g/mol. The number of hydrogen-bond acceptors (Lipinski definition) is 1. The summed E-state index contributed by atoms with van der Waals surface area (Å²) in [6.07, 6.45) is 11.9. The molecule has 0 fully saturated rings. The van der Waals surface area contributed by atoms with Gasteiger partial charge >= 0.3 is 0 Å². The SMILES string of the molecule is CCCCCCCCCC(CCC)[PH](=O)O. The zero-order chi connectivity index (χ0) is 12.2. The van der Waals surface area contributed by atoms with Gasteiger partial charge in [-0.2, -0.15) is 0 Å². The van der Waals surface area contributed by atoms with Gasteiger partial charge in [-0.1, -0.05) is 65.2 Å². The molecule has 0 heterocycles. The maximum absolute atomic E-state index is 11.1. The minimum absolute atomic E-state index is 0.0886. The zero-order valence-corrected chi connectivity index (χ0v) is 12.0. The summed E-state index contributed by atoms with van der Waals surface area (Å²) in [5.74, 6) is 0. The van der Waals surface area contributed by atoms with Crippen molar-refractivity contribution in [2.24, 2.45) is 0 Å². The van der Waals surface area contributed by atoms with Crippen LogP contribution in [0, 0.1) is 0 Å². The molecule has 98 valence electrons. The summed E-state index contributed by atoms with van der Waals surface area (Å²) in [5.41, 5.74) is 0.0886. The van der Waals surface area contributed by atoms with Gasteiger partial charge in [0.25, 0.3) is 0 Å². The fraction of sp³-hybridized carbons (Fsp3) is 1.00. The Bertz CT molecular complexity index is 171. The third-order valence-corrected chi connectivity index (χ3v) is 4.42. The summed E-state index contributed by atoms with van der Waals surface area (Å²) in [6.45, 7) is 4.32. The molecule has 0 aliphatic heterocycles. The lowest BCUT2D eigenvalue weighted by Crippen LogP contribution is -2.01. The summed E-state index contributed by atoms with van der Waals surface area (Å²) < 4.78 is 11.1. The molecule has 2 unspecified atom stereocenters. The minimum Gasteiger partial charge on any atom is -0.346 e. The van der Waals surface area contributed by atoms with Gasteiger partial charge < -0.3 is 4.89 Å². The molecule has 0 amide bonds. The molecule has 0 aliphatic rings. The van der Waals surface area contributed by atoms with Crippen molar-refractivity contribution in [3.63, 3.8) is 0 Å². The van der Waals surface area contributed by atoms with Crippen LogP contribution in [0.4, 0.5) is 0 Å². The van der Waals surface area contributed by atoms with Crippen LogP contribution in [0.3, 0.4) is 0 Å². The van der Waals surface area contributed by atoms with Crippen molar-refractivity contribution in [1.82, 2.24) is 0 Å². The average molecular weight is 248 g/mol. The highest BCUT2D eigenvalue weighted by Crippen LogP contribution is 2.30. The number of hydrogen-bond donors (Lipinski definition) is 1. The van der Waals surface area contributed by atoms with Crippen molar-refractivity contribution in [3.05, 3.63) is 0 Å². The molecule has 1 N–H and O–H groups in total. The Morgan fingerprint density at radius 1 is 0.875 bits per heavy atom. The van der Waals surface area contributed by atoms with E-state index in [2.05, 4.69) is 13.8 Å². The van der Waals surface area contributed by atoms with E-state index in [1.165, 1.54) is 38.5 Å². The highest BCUT2D eigenvalue weighted by Gasteiger charge is 2.12. The average Bonchev–Trinajstić information content (AvgIpc) is 2.26. The lowest BCUT2D eigenvalue weighted by Gasteiger charge is -2.11. The molecule has 0 aromatic rings. The maximum atomic E-state index is 11.1. The van der Waals surface area contributed by atoms with Crippen molar-refractivity contribution in [2.75, 3.05) is 0 Å². The Morgan fingerprint density at radius 3 is 1.94 bits per heavy atom. The van der Waals surface area contributed by atoms with Gasteiger partial charge in [-0.25, -0.2) is 0 Å². The quantitative estimate of drug-likeness (QED) is 0.422. The van der Waals surface area contributed by atoms with Crippen molar-refractivity contribution in [1.29, 1.82) is 0 Å². The molecular weight excluding hydrogens is 219 g/mol. The van der Waals surface area contributed by atoms with Crippen molar-refractivity contribution in [3.8, 4) is 0 Å².